The fraction of sp³-hybridized carbons (Fsp3) is 0.400. The summed E-state index contributed by atoms with van der Waals surface area (Å²) in [5.41, 5.74) is 0.954. The Balaban J connectivity index is 0.00000341. The molecule has 0 aliphatic rings. The van der Waals surface area contributed by atoms with Crippen molar-refractivity contribution in [2.45, 2.75) is 51.6 Å². The van der Waals surface area contributed by atoms with E-state index in [2.05, 4.69) is 25.7 Å². The summed E-state index contributed by atoms with van der Waals surface area (Å²) < 4.78 is 0. The molecule has 0 aliphatic heterocycles. The molecule has 1 aromatic carbocycles. The predicted octanol–water partition coefficient (Wildman–Crippen LogP) is 2.74. The molecule has 3 rings (SSSR count). The zero-order valence-electron chi connectivity index (χ0n) is 17.1. The zero-order valence-corrected chi connectivity index (χ0v) is 19.7. The van der Waals surface area contributed by atoms with Gasteiger partial charge in [-0.05, 0) is 25.3 Å². The Labute approximate surface area is 195 Å². The Kier molecular flexibility index (Phi) is 10.2. The Morgan fingerprint density at radius 2 is 1.55 bits per heavy atom. The number of hydrogen-bond donors (Lipinski definition) is 2. The Bertz CT molecular complexity index is 975. The number of aliphatic hydroxyl groups is 1. The molecule has 0 saturated heterocycles. The van der Waals surface area contributed by atoms with Gasteiger partial charge in [-0.25, -0.2) is 0 Å². The van der Waals surface area contributed by atoms with Crippen molar-refractivity contribution < 1.29 is 14.7 Å². The lowest BCUT2D eigenvalue weighted by molar-refractivity contribution is -0.125. The molecule has 0 spiro atoms. The number of amides is 1. The SMILES string of the molecule is C[C@H](O)C(=O)Cc1nnc(CCCCc2nnc(NC(=O)Cc3ccccc3)s2)s1.S. The molecule has 31 heavy (non-hydrogen) atoms. The fourth-order valence-electron chi connectivity index (χ4n) is 2.66. The average molecular weight is 480 g/mol. The molecular weight excluding hydrogens is 454 g/mol. The van der Waals surface area contributed by atoms with Gasteiger partial charge in [-0.15, -0.1) is 31.7 Å². The Hall–Kier alpha value is -2.21. The van der Waals surface area contributed by atoms with Crippen molar-refractivity contribution in [3.05, 3.63) is 50.9 Å². The van der Waals surface area contributed by atoms with Gasteiger partial charge in [0.15, 0.2) is 5.78 Å². The number of carbonyl (C=O) groups is 2. The molecule has 1 atom stereocenters. The van der Waals surface area contributed by atoms with E-state index in [0.717, 1.165) is 41.3 Å². The Morgan fingerprint density at radius 1 is 0.935 bits per heavy atom. The summed E-state index contributed by atoms with van der Waals surface area (Å²) in [6, 6.07) is 9.56. The van der Waals surface area contributed by atoms with Crippen molar-refractivity contribution in [3.8, 4) is 0 Å². The van der Waals surface area contributed by atoms with Crippen LogP contribution in [0.2, 0.25) is 0 Å². The fourth-order valence-corrected chi connectivity index (χ4v) is 4.35. The van der Waals surface area contributed by atoms with Crippen molar-refractivity contribution in [2.24, 2.45) is 0 Å². The van der Waals surface area contributed by atoms with Gasteiger partial charge in [0.05, 0.1) is 12.8 Å². The molecule has 0 saturated carbocycles. The quantitative estimate of drug-likeness (QED) is 0.406. The predicted molar refractivity (Wildman–Crippen MR) is 126 cm³/mol. The highest BCUT2D eigenvalue weighted by Gasteiger charge is 2.14. The molecule has 0 fully saturated rings. The molecule has 0 aliphatic carbocycles. The summed E-state index contributed by atoms with van der Waals surface area (Å²) in [6.07, 6.45) is 2.83. The third-order valence-electron chi connectivity index (χ3n) is 4.25. The summed E-state index contributed by atoms with van der Waals surface area (Å²) in [5, 5.41) is 31.3. The second-order valence-electron chi connectivity index (χ2n) is 6.83. The highest BCUT2D eigenvalue weighted by atomic mass is 32.1. The van der Waals surface area contributed by atoms with Gasteiger partial charge in [0, 0.05) is 12.8 Å². The van der Waals surface area contributed by atoms with Crippen LogP contribution in [0.15, 0.2) is 30.3 Å². The number of aryl methyl sites for hydroxylation is 2. The van der Waals surface area contributed by atoms with Gasteiger partial charge in [-0.2, -0.15) is 13.5 Å². The van der Waals surface area contributed by atoms with Gasteiger partial charge in [0.2, 0.25) is 11.0 Å². The lowest BCUT2D eigenvalue weighted by Gasteiger charge is -2.00. The molecule has 2 N–H and O–H groups in total. The van der Waals surface area contributed by atoms with Gasteiger partial charge >= 0.3 is 0 Å². The first-order chi connectivity index (χ1) is 14.5. The standard InChI is InChI=1S/C20H23N5O3S2.H2S/c1-13(26)15(27)12-19-24-22-17(29-19)9-5-6-10-18-23-25-20(30-18)21-16(28)11-14-7-3-2-4-8-14;/h2-4,7-8,13,26H,5-6,9-12H2,1H3,(H,21,25,28);1H2/t13-;/m0./s1. The van der Waals surface area contributed by atoms with Crippen LogP contribution in [0.25, 0.3) is 0 Å². The summed E-state index contributed by atoms with van der Waals surface area (Å²) >= 11 is 2.80. The lowest BCUT2D eigenvalue weighted by atomic mass is 10.1. The summed E-state index contributed by atoms with van der Waals surface area (Å²) in [5.74, 6) is -0.356. The number of rotatable bonds is 11. The summed E-state index contributed by atoms with van der Waals surface area (Å²) in [7, 11) is 0. The van der Waals surface area contributed by atoms with Crippen LogP contribution in [-0.2, 0) is 35.3 Å². The average Bonchev–Trinajstić information content (AvgIpc) is 3.35. The van der Waals surface area contributed by atoms with Crippen molar-refractivity contribution in [2.75, 3.05) is 5.32 Å². The van der Waals surface area contributed by atoms with Gasteiger partial charge in [-0.1, -0.05) is 41.7 Å². The second kappa shape index (κ2) is 12.6. The van der Waals surface area contributed by atoms with Crippen LogP contribution in [-0.4, -0.2) is 43.3 Å². The van der Waals surface area contributed by atoms with E-state index in [4.69, 9.17) is 0 Å². The van der Waals surface area contributed by atoms with Gasteiger partial charge in [-0.3, -0.25) is 9.59 Å². The highest BCUT2D eigenvalue weighted by Crippen LogP contribution is 2.19. The van der Waals surface area contributed by atoms with Crippen LogP contribution in [0.4, 0.5) is 5.13 Å². The molecule has 0 unspecified atom stereocenters. The topological polar surface area (TPSA) is 118 Å². The van der Waals surface area contributed by atoms with Crippen LogP contribution in [0.3, 0.4) is 0 Å². The summed E-state index contributed by atoms with van der Waals surface area (Å²) in [4.78, 5) is 23.6. The number of nitrogens with one attached hydrogen (secondary N) is 1. The first kappa shape index (κ1) is 25.1. The van der Waals surface area contributed by atoms with E-state index >= 15 is 0 Å². The number of nitrogens with zero attached hydrogens (tertiary/aromatic N) is 4. The number of unbranched alkanes of at least 4 members (excludes halogenated alkanes) is 1. The number of aromatic nitrogens is 4. The minimum absolute atomic E-state index is 0. The first-order valence-electron chi connectivity index (χ1n) is 9.68. The molecule has 166 valence electrons. The molecule has 2 heterocycles. The largest absolute Gasteiger partial charge is 0.386 e. The van der Waals surface area contributed by atoms with Crippen molar-refractivity contribution in [3.63, 3.8) is 0 Å². The number of hydrogen-bond acceptors (Lipinski definition) is 9. The molecule has 0 radical (unpaired) electrons. The van der Waals surface area contributed by atoms with Gasteiger partial charge in [0.25, 0.3) is 0 Å². The minimum atomic E-state index is -0.975. The normalized spacial score (nSPS) is 11.5. The number of ketones is 1. The van der Waals surface area contributed by atoms with E-state index in [9.17, 15) is 14.7 Å². The summed E-state index contributed by atoms with van der Waals surface area (Å²) in [6.45, 7) is 1.46. The van der Waals surface area contributed by atoms with Crippen molar-refractivity contribution in [1.82, 2.24) is 20.4 Å². The maximum atomic E-state index is 12.1. The van der Waals surface area contributed by atoms with Gasteiger partial charge in [0.1, 0.15) is 21.1 Å². The number of anilines is 1. The molecule has 2 aromatic heterocycles. The highest BCUT2D eigenvalue weighted by molar-refractivity contribution is 7.59. The number of carbonyl (C=O) groups excluding carboxylic acids is 2. The van der Waals surface area contributed by atoms with E-state index in [1.165, 1.54) is 29.6 Å². The number of aliphatic hydroxyl groups excluding tert-OH is 1. The van der Waals surface area contributed by atoms with E-state index in [1.54, 1.807) is 0 Å². The monoisotopic (exact) mass is 479 g/mol. The van der Waals surface area contributed by atoms with E-state index in [0.29, 0.717) is 16.6 Å². The zero-order chi connectivity index (χ0) is 21.3. The van der Waals surface area contributed by atoms with Crippen LogP contribution >= 0.6 is 36.2 Å². The number of benzene rings is 1. The molecule has 8 nitrogen and oxygen atoms in total. The molecule has 1 amide bonds. The second-order valence-corrected chi connectivity index (χ2v) is 9.04. The van der Waals surface area contributed by atoms with Crippen molar-refractivity contribution in [1.29, 1.82) is 0 Å². The third kappa shape index (κ3) is 8.44. The van der Waals surface area contributed by atoms with Crippen LogP contribution in [0, 0.1) is 0 Å². The van der Waals surface area contributed by atoms with Crippen molar-refractivity contribution >= 4 is 53.0 Å². The molecule has 0 bridgehead atoms. The minimum Gasteiger partial charge on any atom is -0.386 e. The van der Waals surface area contributed by atoms with Gasteiger partial charge < -0.3 is 10.4 Å². The van der Waals surface area contributed by atoms with E-state index in [1.807, 2.05) is 30.3 Å². The maximum absolute atomic E-state index is 12.1. The molecular formula is C20H25N5O3S3. The smallest absolute Gasteiger partial charge is 0.230 e. The Morgan fingerprint density at radius 3 is 2.23 bits per heavy atom. The van der Waals surface area contributed by atoms with E-state index < -0.39 is 6.10 Å². The van der Waals surface area contributed by atoms with Crippen LogP contribution in [0.1, 0.15) is 40.4 Å². The van der Waals surface area contributed by atoms with E-state index in [-0.39, 0.29) is 31.6 Å². The number of Topliss-reactive ketones (excluding diaryl/α,β-unsaturated/α-hetero) is 1. The van der Waals surface area contributed by atoms with Crippen LogP contribution < -0.4 is 5.32 Å². The molecule has 3 aromatic rings. The first-order valence-corrected chi connectivity index (χ1v) is 11.3. The lowest BCUT2D eigenvalue weighted by Crippen LogP contribution is -2.18. The molecule has 11 heteroatoms. The maximum Gasteiger partial charge on any atom is 0.230 e. The third-order valence-corrected chi connectivity index (χ3v) is 6.13. The van der Waals surface area contributed by atoms with Crippen LogP contribution in [0.5, 0.6) is 0 Å².